The van der Waals surface area contributed by atoms with Crippen LogP contribution in [0, 0.1) is 11.3 Å². The van der Waals surface area contributed by atoms with Crippen molar-refractivity contribution in [3.8, 4) is 0 Å². The van der Waals surface area contributed by atoms with Crippen LogP contribution < -0.4 is 5.73 Å². The summed E-state index contributed by atoms with van der Waals surface area (Å²) in [5, 5.41) is 2.08. The molecule has 0 fully saturated rings. The second kappa shape index (κ2) is 7.23. The molecule has 0 aliphatic rings. The van der Waals surface area contributed by atoms with Crippen LogP contribution in [0.25, 0.3) is 0 Å². The molecule has 0 aromatic carbocycles. The number of rotatable bonds is 6. The first-order valence-corrected chi connectivity index (χ1v) is 8.11. The molecule has 114 valence electrons. The van der Waals surface area contributed by atoms with Crippen LogP contribution in [0.1, 0.15) is 39.0 Å². The normalized spacial score (nSPS) is 14.9. The Bertz CT molecular complexity index is 409. The molecule has 2 unspecified atom stereocenters. The van der Waals surface area contributed by atoms with Crippen LogP contribution in [0.4, 0.5) is 0 Å². The Morgan fingerprint density at radius 1 is 1.45 bits per heavy atom. The molecule has 0 spiro atoms. The fourth-order valence-corrected chi connectivity index (χ4v) is 3.20. The minimum Gasteiger partial charge on any atom is -0.342 e. The van der Waals surface area contributed by atoms with Gasteiger partial charge in [-0.2, -0.15) is 0 Å². The molecule has 1 aromatic heterocycles. The number of thiophene rings is 1. The summed E-state index contributed by atoms with van der Waals surface area (Å²) in [5.74, 6) is 0.0947. The number of hydrogen-bond acceptors (Lipinski definition) is 3. The maximum atomic E-state index is 12.6. The summed E-state index contributed by atoms with van der Waals surface area (Å²) >= 11 is 1.74. The lowest BCUT2D eigenvalue weighted by atomic mass is 9.84. The topological polar surface area (TPSA) is 46.3 Å². The van der Waals surface area contributed by atoms with Gasteiger partial charge < -0.3 is 10.6 Å². The standard InChI is InChI=1S/C16H28N2OS/c1-12(9-14-7-6-8-20-14)18(5)15(19)13(11-17)10-16(2,3)4/h6-8,12-13H,9-11,17H2,1-5H3. The summed E-state index contributed by atoms with van der Waals surface area (Å²) in [7, 11) is 1.89. The van der Waals surface area contributed by atoms with Crippen molar-refractivity contribution in [2.24, 2.45) is 17.1 Å². The Labute approximate surface area is 127 Å². The van der Waals surface area contributed by atoms with E-state index in [1.807, 2.05) is 11.9 Å². The van der Waals surface area contributed by atoms with Crippen LogP contribution in [-0.4, -0.2) is 30.4 Å². The highest BCUT2D eigenvalue weighted by Gasteiger charge is 2.28. The van der Waals surface area contributed by atoms with E-state index >= 15 is 0 Å². The third-order valence-corrected chi connectivity index (χ3v) is 4.48. The third-order valence-electron chi connectivity index (χ3n) is 3.58. The molecule has 3 nitrogen and oxygen atoms in total. The molecule has 2 atom stereocenters. The molecule has 1 rings (SSSR count). The largest absolute Gasteiger partial charge is 0.342 e. The van der Waals surface area contributed by atoms with Gasteiger partial charge in [-0.25, -0.2) is 0 Å². The van der Waals surface area contributed by atoms with Gasteiger partial charge in [-0.1, -0.05) is 26.8 Å². The Kier molecular flexibility index (Phi) is 6.21. The molecule has 20 heavy (non-hydrogen) atoms. The lowest BCUT2D eigenvalue weighted by molar-refractivity contribution is -0.136. The van der Waals surface area contributed by atoms with E-state index in [2.05, 4.69) is 45.2 Å². The van der Waals surface area contributed by atoms with Crippen molar-refractivity contribution in [2.45, 2.75) is 46.6 Å². The van der Waals surface area contributed by atoms with Gasteiger partial charge in [0, 0.05) is 30.9 Å². The zero-order chi connectivity index (χ0) is 15.3. The summed E-state index contributed by atoms with van der Waals surface area (Å²) in [6.45, 7) is 8.97. The number of likely N-dealkylation sites (N-methyl/N-ethyl adjacent to an activating group) is 1. The van der Waals surface area contributed by atoms with Gasteiger partial charge in [0.05, 0.1) is 5.92 Å². The van der Waals surface area contributed by atoms with Crippen molar-refractivity contribution in [3.05, 3.63) is 22.4 Å². The molecule has 1 aromatic rings. The molecular formula is C16H28N2OS. The minimum atomic E-state index is -0.0780. The predicted octanol–water partition coefficient (Wildman–Crippen LogP) is 3.15. The van der Waals surface area contributed by atoms with E-state index in [1.165, 1.54) is 4.88 Å². The van der Waals surface area contributed by atoms with Gasteiger partial charge in [0.25, 0.3) is 0 Å². The van der Waals surface area contributed by atoms with Crippen molar-refractivity contribution in [3.63, 3.8) is 0 Å². The number of amides is 1. The van der Waals surface area contributed by atoms with Gasteiger partial charge in [0.1, 0.15) is 0 Å². The van der Waals surface area contributed by atoms with Crippen LogP contribution >= 0.6 is 11.3 Å². The first kappa shape index (κ1) is 17.2. The zero-order valence-corrected chi connectivity index (χ0v) is 14.2. The molecule has 1 amide bonds. The molecule has 2 N–H and O–H groups in total. The van der Waals surface area contributed by atoms with Crippen molar-refractivity contribution in [1.29, 1.82) is 0 Å². The van der Waals surface area contributed by atoms with Crippen LogP contribution in [0.5, 0.6) is 0 Å². The first-order chi connectivity index (χ1) is 9.24. The maximum absolute atomic E-state index is 12.6. The number of carbonyl (C=O) groups excluding carboxylic acids is 1. The third kappa shape index (κ3) is 5.25. The highest BCUT2D eigenvalue weighted by atomic mass is 32.1. The van der Waals surface area contributed by atoms with E-state index in [0.717, 1.165) is 12.8 Å². The monoisotopic (exact) mass is 296 g/mol. The molecule has 0 saturated heterocycles. The summed E-state index contributed by atoms with van der Waals surface area (Å²) < 4.78 is 0. The first-order valence-electron chi connectivity index (χ1n) is 7.23. The van der Waals surface area contributed by atoms with E-state index in [-0.39, 0.29) is 23.3 Å². The molecular weight excluding hydrogens is 268 g/mol. The summed E-state index contributed by atoms with van der Waals surface area (Å²) in [4.78, 5) is 15.8. The molecule has 1 heterocycles. The highest BCUT2D eigenvalue weighted by molar-refractivity contribution is 7.09. The van der Waals surface area contributed by atoms with E-state index in [4.69, 9.17) is 5.73 Å². The zero-order valence-electron chi connectivity index (χ0n) is 13.3. The Morgan fingerprint density at radius 3 is 2.55 bits per heavy atom. The van der Waals surface area contributed by atoms with Gasteiger partial charge in [-0.15, -0.1) is 11.3 Å². The smallest absolute Gasteiger partial charge is 0.226 e. The van der Waals surface area contributed by atoms with Crippen molar-refractivity contribution >= 4 is 17.2 Å². The van der Waals surface area contributed by atoms with Gasteiger partial charge in [-0.3, -0.25) is 4.79 Å². The predicted molar refractivity (Wildman–Crippen MR) is 86.9 cm³/mol. The van der Waals surface area contributed by atoms with Crippen LogP contribution in [0.2, 0.25) is 0 Å². The van der Waals surface area contributed by atoms with E-state index in [9.17, 15) is 4.79 Å². The fourth-order valence-electron chi connectivity index (χ4n) is 2.37. The van der Waals surface area contributed by atoms with Gasteiger partial charge in [0.15, 0.2) is 0 Å². The van der Waals surface area contributed by atoms with Crippen molar-refractivity contribution in [2.75, 3.05) is 13.6 Å². The second-order valence-electron chi connectivity index (χ2n) is 6.78. The lowest BCUT2D eigenvalue weighted by Gasteiger charge is -2.31. The maximum Gasteiger partial charge on any atom is 0.226 e. The molecule has 0 aliphatic carbocycles. The Balaban J connectivity index is 2.63. The van der Waals surface area contributed by atoms with Gasteiger partial charge in [-0.05, 0) is 30.2 Å². The van der Waals surface area contributed by atoms with Gasteiger partial charge >= 0.3 is 0 Å². The highest BCUT2D eigenvalue weighted by Crippen LogP contribution is 2.25. The number of nitrogens with two attached hydrogens (primary N) is 1. The number of nitrogens with zero attached hydrogens (tertiary/aromatic N) is 1. The van der Waals surface area contributed by atoms with E-state index in [1.54, 1.807) is 11.3 Å². The average molecular weight is 296 g/mol. The minimum absolute atomic E-state index is 0.0780. The molecule has 0 radical (unpaired) electrons. The molecule has 0 aliphatic heterocycles. The van der Waals surface area contributed by atoms with Crippen molar-refractivity contribution < 1.29 is 4.79 Å². The average Bonchev–Trinajstić information content (AvgIpc) is 2.85. The van der Waals surface area contributed by atoms with Gasteiger partial charge in [0.2, 0.25) is 5.91 Å². The fraction of sp³-hybridized carbons (Fsp3) is 0.688. The van der Waals surface area contributed by atoms with E-state index in [0.29, 0.717) is 6.54 Å². The Morgan fingerprint density at radius 2 is 2.10 bits per heavy atom. The van der Waals surface area contributed by atoms with Crippen LogP contribution in [0.15, 0.2) is 17.5 Å². The van der Waals surface area contributed by atoms with Crippen LogP contribution in [-0.2, 0) is 11.2 Å². The summed E-state index contributed by atoms with van der Waals surface area (Å²) in [6.07, 6.45) is 1.74. The summed E-state index contributed by atoms with van der Waals surface area (Å²) in [6, 6.07) is 4.38. The van der Waals surface area contributed by atoms with Crippen LogP contribution in [0.3, 0.4) is 0 Å². The molecule has 0 bridgehead atoms. The number of hydrogen-bond donors (Lipinski definition) is 1. The Hall–Kier alpha value is -0.870. The molecule has 4 heteroatoms. The lowest BCUT2D eigenvalue weighted by Crippen LogP contribution is -2.43. The summed E-state index contributed by atoms with van der Waals surface area (Å²) in [5.41, 5.74) is 5.93. The number of carbonyl (C=O) groups is 1. The quantitative estimate of drug-likeness (QED) is 0.876. The SMILES string of the molecule is CC(Cc1cccs1)N(C)C(=O)C(CN)CC(C)(C)C. The van der Waals surface area contributed by atoms with Crippen molar-refractivity contribution in [1.82, 2.24) is 4.90 Å². The second-order valence-corrected chi connectivity index (χ2v) is 7.81. The molecule has 0 saturated carbocycles. The van der Waals surface area contributed by atoms with E-state index < -0.39 is 0 Å².